The summed E-state index contributed by atoms with van der Waals surface area (Å²) in [6, 6.07) is 0. The van der Waals surface area contributed by atoms with E-state index < -0.39 is 11.4 Å². The first-order valence-corrected chi connectivity index (χ1v) is 2.32. The van der Waals surface area contributed by atoms with Crippen LogP contribution in [0, 0.1) is 0 Å². The molecule has 0 unspecified atom stereocenters. The molecule has 0 fully saturated rings. The minimum Gasteiger partial charge on any atom is -0.594 e. The monoisotopic (exact) mass is 91.0 g/mol. The highest BCUT2D eigenvalue weighted by Crippen LogP contribution is 1.69. The van der Waals surface area contributed by atoms with E-state index in [1.54, 1.807) is 0 Å². The lowest BCUT2D eigenvalue weighted by Crippen LogP contribution is -2.05. The molecule has 0 aliphatic carbocycles. The van der Waals surface area contributed by atoms with Crippen LogP contribution in [0.15, 0.2) is 12.0 Å². The summed E-state index contributed by atoms with van der Waals surface area (Å²) in [6.45, 7) is 3.14. The van der Waals surface area contributed by atoms with Crippen molar-refractivity contribution in [2.45, 2.75) is 0 Å². The molecule has 0 saturated carbocycles. The van der Waals surface area contributed by atoms with Gasteiger partial charge in [0.05, 0.1) is 11.4 Å². The standard InChI is InChI=1S/C2H5NOS/c1-2-5(3)4/h2H,1,3H2/t5-/m0/s1. The normalized spacial score (nSPS) is 14.0. The fourth-order valence-corrected chi connectivity index (χ4v) is 0. The van der Waals surface area contributed by atoms with Gasteiger partial charge in [-0.05, 0) is 6.58 Å². The van der Waals surface area contributed by atoms with E-state index in [0.29, 0.717) is 0 Å². The van der Waals surface area contributed by atoms with Crippen molar-refractivity contribution in [2.24, 2.45) is 5.14 Å². The summed E-state index contributed by atoms with van der Waals surface area (Å²) < 4.78 is 9.58. The van der Waals surface area contributed by atoms with E-state index in [1.165, 1.54) is 5.41 Å². The van der Waals surface area contributed by atoms with Gasteiger partial charge in [0.1, 0.15) is 5.41 Å². The van der Waals surface area contributed by atoms with Crippen LogP contribution >= 0.6 is 0 Å². The van der Waals surface area contributed by atoms with E-state index in [-0.39, 0.29) is 0 Å². The van der Waals surface area contributed by atoms with Crippen LogP contribution in [0.3, 0.4) is 0 Å². The number of nitrogens with two attached hydrogens (primary N) is 1. The Labute approximate surface area is 34.0 Å². The number of hydrogen-bond acceptors (Lipinski definition) is 2. The molecule has 0 saturated heterocycles. The van der Waals surface area contributed by atoms with Crippen LogP contribution in [0.2, 0.25) is 0 Å². The molecule has 3 heteroatoms. The predicted molar refractivity (Wildman–Crippen MR) is 22.5 cm³/mol. The molecule has 0 rings (SSSR count). The Morgan fingerprint density at radius 1 is 2.00 bits per heavy atom. The second-order valence-corrected chi connectivity index (χ2v) is 1.49. The molecule has 0 aromatic carbocycles. The topological polar surface area (TPSA) is 49.1 Å². The van der Waals surface area contributed by atoms with E-state index in [4.69, 9.17) is 0 Å². The van der Waals surface area contributed by atoms with Crippen molar-refractivity contribution in [1.29, 1.82) is 0 Å². The zero-order valence-electron chi connectivity index (χ0n) is 2.68. The third-order valence-corrected chi connectivity index (χ3v) is 0.493. The molecule has 0 bridgehead atoms. The first-order valence-electron chi connectivity index (χ1n) is 1.05. The van der Waals surface area contributed by atoms with Gasteiger partial charge in [0, 0.05) is 0 Å². The fourth-order valence-electron chi connectivity index (χ4n) is 0. The third-order valence-electron chi connectivity index (χ3n) is 0.164. The van der Waals surface area contributed by atoms with Crippen LogP contribution in [0.1, 0.15) is 0 Å². The van der Waals surface area contributed by atoms with Crippen molar-refractivity contribution in [2.75, 3.05) is 0 Å². The summed E-state index contributed by atoms with van der Waals surface area (Å²) in [4.78, 5) is 0. The zero-order chi connectivity index (χ0) is 4.28. The molecule has 0 aliphatic rings. The summed E-state index contributed by atoms with van der Waals surface area (Å²) in [5.41, 5.74) is 0. The molecule has 0 aromatic rings. The van der Waals surface area contributed by atoms with Gasteiger partial charge in [0.2, 0.25) is 0 Å². The van der Waals surface area contributed by atoms with E-state index in [0.717, 1.165) is 0 Å². The average molecular weight is 91.1 g/mol. The minimum atomic E-state index is -1.31. The van der Waals surface area contributed by atoms with Gasteiger partial charge in [-0.3, -0.25) is 0 Å². The van der Waals surface area contributed by atoms with Crippen LogP contribution in [0.4, 0.5) is 0 Å². The van der Waals surface area contributed by atoms with Crippen LogP contribution < -0.4 is 5.14 Å². The minimum absolute atomic E-state index is 1.17. The van der Waals surface area contributed by atoms with Crippen LogP contribution in [0.5, 0.6) is 0 Å². The Bertz CT molecular complexity index is 36.6. The highest BCUT2D eigenvalue weighted by atomic mass is 32.2. The van der Waals surface area contributed by atoms with Crippen molar-refractivity contribution in [3.63, 3.8) is 0 Å². The van der Waals surface area contributed by atoms with Gasteiger partial charge in [-0.25, -0.2) is 0 Å². The van der Waals surface area contributed by atoms with Gasteiger partial charge in [-0.2, -0.15) is 0 Å². The molecule has 0 aliphatic heterocycles. The van der Waals surface area contributed by atoms with Gasteiger partial charge in [0.25, 0.3) is 0 Å². The highest BCUT2D eigenvalue weighted by molar-refractivity contribution is 7.92. The SMILES string of the molecule is C=C[S@@+](N)[O-]. The largest absolute Gasteiger partial charge is 0.594 e. The highest BCUT2D eigenvalue weighted by Gasteiger charge is 1.76. The maximum atomic E-state index is 9.58. The predicted octanol–water partition coefficient (Wildman–Crippen LogP) is -0.248. The van der Waals surface area contributed by atoms with Crippen LogP contribution in [-0.4, -0.2) is 4.55 Å². The van der Waals surface area contributed by atoms with Crippen molar-refractivity contribution in [3.8, 4) is 0 Å². The third kappa shape index (κ3) is 4.01. The Hall–Kier alpha value is 0.01000. The van der Waals surface area contributed by atoms with Gasteiger partial charge in [-0.15, -0.1) is 5.14 Å². The van der Waals surface area contributed by atoms with E-state index in [2.05, 4.69) is 11.7 Å². The lowest BCUT2D eigenvalue weighted by Gasteiger charge is -1.87. The first kappa shape index (κ1) is 5.01. The molecule has 30 valence electrons. The van der Waals surface area contributed by atoms with Crippen molar-refractivity contribution in [3.05, 3.63) is 12.0 Å². The van der Waals surface area contributed by atoms with E-state index in [1.807, 2.05) is 0 Å². The molecule has 0 heterocycles. The van der Waals surface area contributed by atoms with Crippen molar-refractivity contribution < 1.29 is 4.55 Å². The Morgan fingerprint density at radius 2 is 2.20 bits per heavy atom. The average Bonchev–Trinajstić information content (AvgIpc) is 1.38. The molecule has 0 amide bonds. The van der Waals surface area contributed by atoms with E-state index >= 15 is 0 Å². The van der Waals surface area contributed by atoms with Gasteiger partial charge in [0.15, 0.2) is 0 Å². The van der Waals surface area contributed by atoms with Crippen molar-refractivity contribution >= 4 is 11.4 Å². The Kier molecular flexibility index (Phi) is 2.26. The van der Waals surface area contributed by atoms with E-state index in [9.17, 15) is 4.55 Å². The number of rotatable bonds is 1. The maximum absolute atomic E-state index is 9.58. The maximum Gasteiger partial charge on any atom is 0.131 e. The second kappa shape index (κ2) is 2.26. The second-order valence-electron chi connectivity index (χ2n) is 0.495. The quantitative estimate of drug-likeness (QED) is 0.452. The Balaban J connectivity index is 2.83. The van der Waals surface area contributed by atoms with Crippen LogP contribution in [0.25, 0.3) is 0 Å². The fraction of sp³-hybridized carbons (Fsp3) is 0. The molecular formula is C2H5NOS. The molecule has 0 spiro atoms. The molecule has 0 radical (unpaired) electrons. The van der Waals surface area contributed by atoms with Gasteiger partial charge in [-0.1, -0.05) is 0 Å². The molecule has 1 atom stereocenters. The number of hydrogen-bond donors (Lipinski definition) is 1. The van der Waals surface area contributed by atoms with Gasteiger partial charge >= 0.3 is 0 Å². The zero-order valence-corrected chi connectivity index (χ0v) is 3.49. The molecule has 2 nitrogen and oxygen atoms in total. The lowest BCUT2D eigenvalue weighted by atomic mass is 11.3. The van der Waals surface area contributed by atoms with Crippen molar-refractivity contribution in [1.82, 2.24) is 0 Å². The summed E-state index contributed by atoms with van der Waals surface area (Å²) >= 11 is -1.31. The molecule has 0 aromatic heterocycles. The lowest BCUT2D eigenvalue weighted by molar-refractivity contribution is 0.605. The van der Waals surface area contributed by atoms with Gasteiger partial charge < -0.3 is 4.55 Å². The molecule has 2 N–H and O–H groups in total. The Morgan fingerprint density at radius 3 is 2.20 bits per heavy atom. The van der Waals surface area contributed by atoms with Crippen LogP contribution in [-0.2, 0) is 11.4 Å². The molecule has 5 heavy (non-hydrogen) atoms. The summed E-state index contributed by atoms with van der Waals surface area (Å²) in [5.74, 6) is 0. The molecular weight excluding hydrogens is 86.1 g/mol. The summed E-state index contributed by atoms with van der Waals surface area (Å²) in [7, 11) is 0. The summed E-state index contributed by atoms with van der Waals surface area (Å²) in [6.07, 6.45) is 0. The summed E-state index contributed by atoms with van der Waals surface area (Å²) in [5, 5.41) is 5.81. The smallest absolute Gasteiger partial charge is 0.131 e. The first-order chi connectivity index (χ1) is 2.27.